The van der Waals surface area contributed by atoms with E-state index >= 15 is 0 Å². The minimum Gasteiger partial charge on any atom is -0.213 e. The first-order chi connectivity index (χ1) is 31.0. The van der Waals surface area contributed by atoms with Gasteiger partial charge < -0.3 is 0 Å². The summed E-state index contributed by atoms with van der Waals surface area (Å²) in [6.07, 6.45) is 0. The second kappa shape index (κ2) is 17.3. The minimum absolute atomic E-state index is 0.103. The molecule has 0 spiro atoms. The summed E-state index contributed by atoms with van der Waals surface area (Å²) in [6.45, 7) is 4.18. The molecule has 0 amide bonds. The summed E-state index contributed by atoms with van der Waals surface area (Å²) in [5.74, 6) is 5.37. The van der Waals surface area contributed by atoms with Crippen molar-refractivity contribution >= 4 is 0 Å². The van der Waals surface area contributed by atoms with Gasteiger partial charge in [-0.05, 0) is 29.3 Å². The van der Waals surface area contributed by atoms with E-state index in [4.69, 9.17) is 44.9 Å². The molecule has 10 aromatic rings. The van der Waals surface area contributed by atoms with Crippen molar-refractivity contribution < 1.29 is 0 Å². The maximum atomic E-state index is 5.17. The van der Waals surface area contributed by atoms with Crippen molar-refractivity contribution in [1.82, 2.24) is 44.9 Å². The van der Waals surface area contributed by atoms with Crippen molar-refractivity contribution in [2.75, 3.05) is 0 Å². The lowest BCUT2D eigenvalue weighted by atomic mass is 9.96. The zero-order valence-electron chi connectivity index (χ0n) is 34.6. The Labute approximate surface area is 365 Å². The first kappa shape index (κ1) is 38.8. The molecule has 63 heavy (non-hydrogen) atoms. The molecule has 7 aromatic carbocycles. The van der Waals surface area contributed by atoms with E-state index in [1.807, 2.05) is 170 Å². The zero-order chi connectivity index (χ0) is 42.5. The van der Waals surface area contributed by atoms with Crippen LogP contribution < -0.4 is 0 Å². The van der Waals surface area contributed by atoms with Crippen LogP contribution in [-0.4, -0.2) is 44.9 Å². The predicted octanol–water partition coefficient (Wildman–Crippen LogP) is 12.4. The van der Waals surface area contributed by atoms with Crippen LogP contribution in [0.4, 0.5) is 0 Å². The maximum absolute atomic E-state index is 5.17. The Hall–Kier alpha value is -8.43. The average Bonchev–Trinajstić information content (AvgIpc) is 3.37. The number of hydrogen-bond acceptors (Lipinski definition) is 9. The van der Waals surface area contributed by atoms with Crippen molar-refractivity contribution in [1.29, 1.82) is 0 Å². The Morgan fingerprint density at radius 2 is 0.540 bits per heavy atom. The van der Waals surface area contributed by atoms with Gasteiger partial charge in [-0.1, -0.05) is 190 Å². The van der Waals surface area contributed by atoms with Crippen LogP contribution in [-0.2, 0) is 0 Å². The van der Waals surface area contributed by atoms with E-state index < -0.39 is 0 Å². The van der Waals surface area contributed by atoms with Crippen LogP contribution in [0.2, 0.25) is 0 Å². The molecule has 0 saturated carbocycles. The molecule has 0 aliphatic carbocycles. The van der Waals surface area contributed by atoms with E-state index in [1.165, 1.54) is 0 Å². The van der Waals surface area contributed by atoms with Crippen LogP contribution in [0.15, 0.2) is 194 Å². The summed E-state index contributed by atoms with van der Waals surface area (Å²) < 4.78 is 0. The van der Waals surface area contributed by atoms with Gasteiger partial charge in [0.2, 0.25) is 0 Å². The van der Waals surface area contributed by atoms with E-state index in [-0.39, 0.29) is 5.92 Å². The molecule has 0 bridgehead atoms. The van der Waals surface area contributed by atoms with Gasteiger partial charge >= 0.3 is 0 Å². The molecule has 10 rings (SSSR count). The van der Waals surface area contributed by atoms with Crippen LogP contribution >= 0.6 is 0 Å². The summed E-state index contributed by atoms with van der Waals surface area (Å²) in [6, 6.07) is 64.5. The molecule has 9 heteroatoms. The fourth-order valence-corrected chi connectivity index (χ4v) is 7.31. The molecule has 0 radical (unpaired) electrons. The summed E-state index contributed by atoms with van der Waals surface area (Å²) in [4.78, 5) is 45.2. The van der Waals surface area contributed by atoms with Crippen LogP contribution in [0.25, 0.3) is 102 Å². The van der Waals surface area contributed by atoms with Gasteiger partial charge in [-0.15, -0.1) is 0 Å². The number of benzene rings is 7. The van der Waals surface area contributed by atoms with Gasteiger partial charge in [0.25, 0.3) is 0 Å². The Morgan fingerprint density at radius 1 is 0.238 bits per heavy atom. The fraction of sp³-hybridized carbons (Fsp3) is 0.0556. The monoisotopic (exact) mass is 813 g/mol. The topological polar surface area (TPSA) is 116 Å². The third-order valence-electron chi connectivity index (χ3n) is 10.6. The Morgan fingerprint density at radius 3 is 0.937 bits per heavy atom. The third-order valence-corrected chi connectivity index (χ3v) is 10.6. The first-order valence-corrected chi connectivity index (χ1v) is 20.8. The highest BCUT2D eigenvalue weighted by molar-refractivity contribution is 5.85. The number of aromatic nitrogens is 9. The van der Waals surface area contributed by atoms with Crippen LogP contribution in [0.5, 0.6) is 0 Å². The van der Waals surface area contributed by atoms with Crippen LogP contribution in [0.1, 0.15) is 25.6 Å². The van der Waals surface area contributed by atoms with Crippen LogP contribution in [0.3, 0.4) is 0 Å². The highest BCUT2D eigenvalue weighted by Crippen LogP contribution is 2.36. The van der Waals surface area contributed by atoms with E-state index in [2.05, 4.69) is 38.1 Å². The van der Waals surface area contributed by atoms with Gasteiger partial charge in [-0.3, -0.25) is 0 Å². The molecule has 3 aromatic heterocycles. The van der Waals surface area contributed by atoms with E-state index in [1.54, 1.807) is 0 Å². The number of rotatable bonds is 10. The molecule has 0 aliphatic heterocycles. The molecule has 3 heterocycles. The van der Waals surface area contributed by atoms with Gasteiger partial charge in [0.1, 0.15) is 5.82 Å². The van der Waals surface area contributed by atoms with E-state index in [9.17, 15) is 0 Å². The maximum Gasteiger partial charge on any atom is 0.164 e. The van der Waals surface area contributed by atoms with E-state index in [0.717, 1.165) is 61.5 Å². The Kier molecular flexibility index (Phi) is 10.6. The van der Waals surface area contributed by atoms with Crippen molar-refractivity contribution in [3.05, 3.63) is 200 Å². The Balaban J connectivity index is 1.12. The highest BCUT2D eigenvalue weighted by atomic mass is 15.1. The van der Waals surface area contributed by atoms with Crippen molar-refractivity contribution in [2.45, 2.75) is 19.8 Å². The van der Waals surface area contributed by atoms with Crippen molar-refractivity contribution in [2.24, 2.45) is 0 Å². The van der Waals surface area contributed by atoms with E-state index in [0.29, 0.717) is 46.6 Å². The molecule has 9 nitrogen and oxygen atoms in total. The number of hydrogen-bond donors (Lipinski definition) is 0. The molecule has 0 atom stereocenters. The lowest BCUT2D eigenvalue weighted by Gasteiger charge is -2.14. The lowest BCUT2D eigenvalue weighted by molar-refractivity contribution is 0.766. The summed E-state index contributed by atoms with van der Waals surface area (Å²) >= 11 is 0. The minimum atomic E-state index is 0.103. The Bertz CT molecular complexity index is 3120. The largest absolute Gasteiger partial charge is 0.213 e. The summed E-state index contributed by atoms with van der Waals surface area (Å²) in [5, 5.41) is 0. The van der Waals surface area contributed by atoms with Gasteiger partial charge in [-0.2, -0.15) is 0 Å². The molecule has 0 N–H and O–H groups in total. The fourth-order valence-electron chi connectivity index (χ4n) is 7.31. The lowest BCUT2D eigenvalue weighted by Crippen LogP contribution is -2.05. The normalized spacial score (nSPS) is 11.2. The molecule has 0 fully saturated rings. The molecular weight excluding hydrogens is 775 g/mol. The van der Waals surface area contributed by atoms with Gasteiger partial charge in [0.15, 0.2) is 46.6 Å². The van der Waals surface area contributed by atoms with Gasteiger partial charge in [0, 0.05) is 50.4 Å². The second-order valence-electron chi connectivity index (χ2n) is 15.3. The molecule has 0 unspecified atom stereocenters. The smallest absolute Gasteiger partial charge is 0.164 e. The zero-order valence-corrected chi connectivity index (χ0v) is 34.6. The third kappa shape index (κ3) is 8.36. The molecule has 300 valence electrons. The standard InChI is InChI=1S/C54H39N9/c1-35(2)46-55-47(37-21-10-4-11-22-37)58-51(56-46)41-29-18-30-42(33-41)52-59-48(38-23-12-5-13-24-38)60-53(61-52)43-31-32-44(45(34-43)36-19-8-3-9-20-36)54-62-49(39-25-14-6-15-26-39)57-50(63-54)40-27-16-7-17-28-40/h3-35H,1-2H3. The average molecular weight is 814 g/mol. The molecule has 0 aliphatic rings. The highest BCUT2D eigenvalue weighted by Gasteiger charge is 2.20. The predicted molar refractivity (Wildman–Crippen MR) is 250 cm³/mol. The summed E-state index contributed by atoms with van der Waals surface area (Å²) in [5.41, 5.74) is 8.81. The first-order valence-electron chi connectivity index (χ1n) is 20.8. The SMILES string of the molecule is CC(C)c1nc(-c2ccccc2)nc(-c2cccc(-c3nc(-c4ccccc4)nc(-c4ccc(-c5nc(-c6ccccc6)nc(-c6ccccc6)n5)c(-c5ccccc5)c4)n3)c2)n1. The van der Waals surface area contributed by atoms with Crippen molar-refractivity contribution in [3.63, 3.8) is 0 Å². The molecular formula is C54H39N9. The molecule has 0 saturated heterocycles. The van der Waals surface area contributed by atoms with Gasteiger partial charge in [-0.25, -0.2) is 44.9 Å². The summed E-state index contributed by atoms with van der Waals surface area (Å²) in [7, 11) is 0. The number of nitrogens with zero attached hydrogens (tertiary/aromatic N) is 9. The van der Waals surface area contributed by atoms with Gasteiger partial charge in [0.05, 0.1) is 0 Å². The second-order valence-corrected chi connectivity index (χ2v) is 15.3. The quantitative estimate of drug-likeness (QED) is 0.133. The van der Waals surface area contributed by atoms with Crippen LogP contribution in [0, 0.1) is 0 Å². The van der Waals surface area contributed by atoms with Crippen molar-refractivity contribution in [3.8, 4) is 102 Å².